The maximum atomic E-state index is 13.2. The Labute approximate surface area is 180 Å². The molecule has 7 nitrogen and oxygen atoms in total. The molecule has 2 amide bonds. The van der Waals surface area contributed by atoms with E-state index in [0.717, 1.165) is 46.5 Å². The predicted octanol–water partition coefficient (Wildman–Crippen LogP) is 3.11. The predicted molar refractivity (Wildman–Crippen MR) is 113 cm³/mol. The molecule has 158 valence electrons. The highest BCUT2D eigenvalue weighted by Gasteiger charge is 2.52. The van der Waals surface area contributed by atoms with Crippen molar-refractivity contribution >= 4 is 23.6 Å². The SMILES string of the molecule is Cn1c2c(c3c1-c1cc(Cl)ncc1CC3)C(=O)NC1(C2)CN(C(=O)OC(C)(C)C)C1. The summed E-state index contributed by atoms with van der Waals surface area (Å²) in [5.74, 6) is -0.0551. The van der Waals surface area contributed by atoms with Gasteiger partial charge in [0.1, 0.15) is 10.8 Å². The number of ether oxygens (including phenoxy) is 1. The largest absolute Gasteiger partial charge is 0.444 e. The minimum atomic E-state index is -0.538. The number of amides is 2. The van der Waals surface area contributed by atoms with E-state index in [0.29, 0.717) is 24.7 Å². The van der Waals surface area contributed by atoms with E-state index in [1.165, 1.54) is 0 Å². The Balaban J connectivity index is 1.47. The molecule has 0 radical (unpaired) electrons. The molecule has 0 aromatic carbocycles. The van der Waals surface area contributed by atoms with Crippen LogP contribution in [0.25, 0.3) is 11.3 Å². The molecule has 1 fully saturated rings. The molecule has 1 N–H and O–H groups in total. The Morgan fingerprint density at radius 2 is 2.03 bits per heavy atom. The number of aryl methyl sites for hydroxylation is 1. The summed E-state index contributed by atoms with van der Waals surface area (Å²) >= 11 is 6.17. The minimum Gasteiger partial charge on any atom is -0.444 e. The molecule has 1 spiro atoms. The molecule has 0 saturated carbocycles. The highest BCUT2D eigenvalue weighted by Crippen LogP contribution is 2.42. The molecule has 0 bridgehead atoms. The van der Waals surface area contributed by atoms with Crippen LogP contribution in [-0.2, 0) is 31.0 Å². The van der Waals surface area contributed by atoms with Crippen molar-refractivity contribution in [2.45, 2.75) is 51.2 Å². The van der Waals surface area contributed by atoms with Gasteiger partial charge in [-0.1, -0.05) is 11.6 Å². The number of nitrogens with one attached hydrogen (secondary N) is 1. The molecule has 1 aliphatic carbocycles. The van der Waals surface area contributed by atoms with Crippen molar-refractivity contribution in [1.82, 2.24) is 19.8 Å². The van der Waals surface area contributed by atoms with Crippen LogP contribution in [0.3, 0.4) is 0 Å². The molecule has 3 aliphatic rings. The monoisotopic (exact) mass is 428 g/mol. The molecular weight excluding hydrogens is 404 g/mol. The van der Waals surface area contributed by atoms with E-state index in [9.17, 15) is 9.59 Å². The van der Waals surface area contributed by atoms with Crippen LogP contribution in [0.15, 0.2) is 12.3 Å². The van der Waals surface area contributed by atoms with E-state index in [1.54, 1.807) is 4.90 Å². The molecule has 0 unspecified atom stereocenters. The number of likely N-dealkylation sites (tertiary alicyclic amines) is 1. The number of carbonyl (C=O) groups excluding carboxylic acids is 2. The molecule has 0 atom stereocenters. The van der Waals surface area contributed by atoms with Gasteiger partial charge in [-0.3, -0.25) is 4.79 Å². The zero-order valence-corrected chi connectivity index (χ0v) is 18.4. The summed E-state index contributed by atoms with van der Waals surface area (Å²) in [5.41, 5.74) is 5.18. The average molecular weight is 429 g/mol. The smallest absolute Gasteiger partial charge is 0.410 e. The van der Waals surface area contributed by atoms with Crippen molar-refractivity contribution in [2.24, 2.45) is 7.05 Å². The number of pyridine rings is 1. The second-order valence-electron chi connectivity index (χ2n) is 9.62. The topological polar surface area (TPSA) is 76.5 Å². The first-order valence-corrected chi connectivity index (χ1v) is 10.6. The minimum absolute atomic E-state index is 0.0551. The molecule has 5 rings (SSSR count). The van der Waals surface area contributed by atoms with E-state index < -0.39 is 11.1 Å². The third-order valence-electron chi connectivity index (χ3n) is 6.22. The van der Waals surface area contributed by atoms with Crippen LogP contribution in [0, 0.1) is 0 Å². The van der Waals surface area contributed by atoms with Gasteiger partial charge in [0.05, 0.1) is 16.8 Å². The molecule has 1 saturated heterocycles. The van der Waals surface area contributed by atoms with Crippen molar-refractivity contribution in [3.05, 3.63) is 39.8 Å². The van der Waals surface area contributed by atoms with Crippen LogP contribution in [0.2, 0.25) is 5.15 Å². The van der Waals surface area contributed by atoms with E-state index in [1.807, 2.05) is 40.1 Å². The molecule has 8 heteroatoms. The highest BCUT2D eigenvalue weighted by molar-refractivity contribution is 6.29. The van der Waals surface area contributed by atoms with Crippen molar-refractivity contribution in [3.63, 3.8) is 0 Å². The summed E-state index contributed by atoms with van der Waals surface area (Å²) in [5, 5.41) is 3.64. The Kier molecular flexibility index (Phi) is 4.04. The summed E-state index contributed by atoms with van der Waals surface area (Å²) in [6.07, 6.45) is 3.83. The van der Waals surface area contributed by atoms with Crippen molar-refractivity contribution < 1.29 is 14.3 Å². The normalized spacial score (nSPS) is 18.8. The summed E-state index contributed by atoms with van der Waals surface area (Å²) in [6.45, 7) is 6.46. The van der Waals surface area contributed by atoms with Gasteiger partial charge in [0.15, 0.2) is 0 Å². The molecule has 2 aromatic heterocycles. The number of hydrogen-bond donors (Lipinski definition) is 1. The first-order chi connectivity index (χ1) is 14.1. The first kappa shape index (κ1) is 19.4. The van der Waals surface area contributed by atoms with Crippen molar-refractivity contribution in [1.29, 1.82) is 0 Å². The number of rotatable bonds is 0. The molecule has 4 heterocycles. The maximum absolute atomic E-state index is 13.2. The van der Waals surface area contributed by atoms with Gasteiger partial charge in [-0.2, -0.15) is 0 Å². The van der Waals surface area contributed by atoms with E-state index in [4.69, 9.17) is 16.3 Å². The van der Waals surface area contributed by atoms with Gasteiger partial charge in [0, 0.05) is 44.0 Å². The fourth-order valence-electron chi connectivity index (χ4n) is 5.00. The fourth-order valence-corrected chi connectivity index (χ4v) is 5.15. The van der Waals surface area contributed by atoms with Gasteiger partial charge in [0.2, 0.25) is 0 Å². The highest BCUT2D eigenvalue weighted by atomic mass is 35.5. The number of halogens is 1. The average Bonchev–Trinajstić information content (AvgIpc) is 2.91. The number of carbonyl (C=O) groups is 2. The summed E-state index contributed by atoms with van der Waals surface area (Å²) in [4.78, 5) is 31.4. The first-order valence-electron chi connectivity index (χ1n) is 10.2. The summed E-state index contributed by atoms with van der Waals surface area (Å²) in [6, 6.07) is 1.89. The second-order valence-corrected chi connectivity index (χ2v) is 10.0. The molecule has 2 aromatic rings. The zero-order chi connectivity index (χ0) is 21.4. The lowest BCUT2D eigenvalue weighted by Crippen LogP contribution is -2.74. The lowest BCUT2D eigenvalue weighted by Gasteiger charge is -2.51. The van der Waals surface area contributed by atoms with Crippen molar-refractivity contribution in [3.8, 4) is 11.3 Å². The Morgan fingerprint density at radius 1 is 1.30 bits per heavy atom. The molecule has 2 aliphatic heterocycles. The number of fused-ring (bicyclic) bond motifs is 5. The van der Waals surface area contributed by atoms with E-state index >= 15 is 0 Å². The van der Waals surface area contributed by atoms with Crippen LogP contribution >= 0.6 is 11.6 Å². The maximum Gasteiger partial charge on any atom is 0.410 e. The van der Waals surface area contributed by atoms with Gasteiger partial charge in [-0.05, 0) is 50.8 Å². The van der Waals surface area contributed by atoms with Gasteiger partial charge < -0.3 is 19.5 Å². The van der Waals surface area contributed by atoms with Gasteiger partial charge in [-0.25, -0.2) is 9.78 Å². The quantitative estimate of drug-likeness (QED) is 0.654. The molecular formula is C22H25ClN4O3. The van der Waals surface area contributed by atoms with Crippen LogP contribution in [0.5, 0.6) is 0 Å². The van der Waals surface area contributed by atoms with Gasteiger partial charge in [0.25, 0.3) is 5.91 Å². The van der Waals surface area contributed by atoms with Crippen LogP contribution in [0.1, 0.15) is 48.0 Å². The van der Waals surface area contributed by atoms with Crippen LogP contribution in [0.4, 0.5) is 4.79 Å². The second kappa shape index (κ2) is 6.23. The summed E-state index contributed by atoms with van der Waals surface area (Å²) in [7, 11) is 2.01. The number of aromatic nitrogens is 2. The van der Waals surface area contributed by atoms with Gasteiger partial charge >= 0.3 is 6.09 Å². The standard InChI is InChI=1S/C22H25ClN4O3/c1-21(2,3)30-20(29)27-10-22(11-27)8-15-17(19(28)25-22)13-6-5-12-9-24-16(23)7-14(12)18(13)26(15)4/h7,9H,5-6,8,10-11H2,1-4H3,(H,25,28). The van der Waals surface area contributed by atoms with Crippen LogP contribution < -0.4 is 5.32 Å². The Bertz CT molecular complexity index is 1090. The summed E-state index contributed by atoms with van der Waals surface area (Å²) < 4.78 is 7.60. The number of nitrogens with zero attached hydrogens (tertiary/aromatic N) is 3. The van der Waals surface area contributed by atoms with Crippen LogP contribution in [-0.4, -0.2) is 50.7 Å². The van der Waals surface area contributed by atoms with E-state index in [-0.39, 0.29) is 12.0 Å². The lowest BCUT2D eigenvalue weighted by atomic mass is 9.80. The number of hydrogen-bond acceptors (Lipinski definition) is 4. The van der Waals surface area contributed by atoms with Gasteiger partial charge in [-0.15, -0.1) is 0 Å². The molecule has 30 heavy (non-hydrogen) atoms. The van der Waals surface area contributed by atoms with E-state index in [2.05, 4.69) is 14.9 Å². The third kappa shape index (κ3) is 2.90. The Hall–Kier alpha value is -2.54. The van der Waals surface area contributed by atoms with Crippen molar-refractivity contribution in [2.75, 3.05) is 13.1 Å². The fraction of sp³-hybridized carbons (Fsp3) is 0.500. The lowest BCUT2D eigenvalue weighted by molar-refractivity contribution is -0.0170. The Morgan fingerprint density at radius 3 is 2.73 bits per heavy atom. The third-order valence-corrected chi connectivity index (χ3v) is 6.43. The zero-order valence-electron chi connectivity index (χ0n) is 17.6.